The van der Waals surface area contributed by atoms with Crippen molar-refractivity contribution in [2.75, 3.05) is 26.4 Å². The largest absolute Gasteiger partial charge is 0.494 e. The molecule has 0 unspecified atom stereocenters. The summed E-state index contributed by atoms with van der Waals surface area (Å²) >= 11 is 0. The number of carbonyl (C=O) groups is 2. The van der Waals surface area contributed by atoms with Gasteiger partial charge in [0.2, 0.25) is 0 Å². The second kappa shape index (κ2) is 19.2. The molecule has 0 aliphatic rings. The minimum atomic E-state index is -5.42. The van der Waals surface area contributed by atoms with Gasteiger partial charge in [0.15, 0.2) is 0 Å². The number of carbonyl (C=O) groups excluding carboxylic acids is 2. The quantitative estimate of drug-likeness (QED) is 0.0499. The second-order valence-electron chi connectivity index (χ2n) is 10.5. The van der Waals surface area contributed by atoms with Crippen LogP contribution >= 0.6 is 0 Å². The van der Waals surface area contributed by atoms with Crippen LogP contribution in [0.1, 0.15) is 47.9 Å². The monoisotopic (exact) mass is 710 g/mol. The molecule has 0 radical (unpaired) electrons. The zero-order valence-electron chi connectivity index (χ0n) is 26.9. The summed E-state index contributed by atoms with van der Waals surface area (Å²) in [7, 11) is 0. The molecule has 3 rings (SSSR count). The molecule has 3 aromatic rings. The summed E-state index contributed by atoms with van der Waals surface area (Å²) in [6.07, 6.45) is -6.45. The average molecular weight is 711 g/mol. The van der Waals surface area contributed by atoms with Gasteiger partial charge in [-0.05, 0) is 73.2 Å². The summed E-state index contributed by atoms with van der Waals surface area (Å²) < 4.78 is 116. The molecule has 0 heterocycles. The van der Waals surface area contributed by atoms with Gasteiger partial charge in [-0.15, -0.1) is 0 Å². The standard InChI is InChI=1S/C36H36F6O8/c1-3-31(43)47-21-7-5-19-45-27-13-9-25(10-14-27)23-49-29-17-18-30(34(36(40,41)42)33(29)35(37,38)39)50-24-26-11-15-28(16-12-26)46-20-6-8-22-48-32(44)4-2/h3-4,9-18H,1-2,5-8,19-24H2. The van der Waals surface area contributed by atoms with Crippen LogP contribution in [0.3, 0.4) is 0 Å². The molecule has 14 heteroatoms. The fourth-order valence-electron chi connectivity index (χ4n) is 4.31. The van der Waals surface area contributed by atoms with Gasteiger partial charge in [-0.3, -0.25) is 0 Å². The first-order chi connectivity index (χ1) is 23.8. The Kier molecular flexibility index (Phi) is 15.1. The van der Waals surface area contributed by atoms with E-state index < -0.39 is 60.1 Å². The van der Waals surface area contributed by atoms with Crippen molar-refractivity contribution >= 4 is 11.9 Å². The number of unbranched alkanes of at least 4 members (excludes halogenated alkanes) is 2. The van der Waals surface area contributed by atoms with E-state index in [0.717, 1.165) is 24.3 Å². The average Bonchev–Trinajstić information content (AvgIpc) is 3.09. The SMILES string of the molecule is C=CC(=O)OCCCCOc1ccc(COc2ccc(OCc3ccc(OCCCCOC(=O)C=C)cc3)c(C(F)(F)F)c2C(F)(F)F)cc1. The van der Waals surface area contributed by atoms with Gasteiger partial charge in [-0.25, -0.2) is 9.59 Å². The van der Waals surface area contributed by atoms with E-state index in [1.807, 2.05) is 0 Å². The summed E-state index contributed by atoms with van der Waals surface area (Å²) in [4.78, 5) is 22.0. The summed E-state index contributed by atoms with van der Waals surface area (Å²) in [5.41, 5.74) is -3.22. The van der Waals surface area contributed by atoms with Crippen molar-refractivity contribution in [2.45, 2.75) is 51.2 Å². The molecule has 0 saturated heterocycles. The van der Waals surface area contributed by atoms with Crippen LogP contribution in [-0.2, 0) is 44.6 Å². The van der Waals surface area contributed by atoms with E-state index in [0.29, 0.717) is 61.5 Å². The fourth-order valence-corrected chi connectivity index (χ4v) is 4.31. The van der Waals surface area contributed by atoms with Gasteiger partial charge in [0, 0.05) is 12.2 Å². The maximum atomic E-state index is 14.2. The van der Waals surface area contributed by atoms with E-state index in [9.17, 15) is 35.9 Å². The summed E-state index contributed by atoms with van der Waals surface area (Å²) in [6.45, 7) is 6.73. The molecule has 50 heavy (non-hydrogen) atoms. The highest BCUT2D eigenvalue weighted by atomic mass is 19.4. The predicted molar refractivity (Wildman–Crippen MR) is 170 cm³/mol. The van der Waals surface area contributed by atoms with Crippen molar-refractivity contribution in [3.8, 4) is 23.0 Å². The maximum absolute atomic E-state index is 14.2. The van der Waals surface area contributed by atoms with Crippen molar-refractivity contribution in [2.24, 2.45) is 0 Å². The van der Waals surface area contributed by atoms with E-state index in [-0.39, 0.29) is 13.2 Å². The first-order valence-corrected chi connectivity index (χ1v) is 15.4. The van der Waals surface area contributed by atoms with Gasteiger partial charge in [0.1, 0.15) is 47.3 Å². The first-order valence-electron chi connectivity index (χ1n) is 15.4. The van der Waals surface area contributed by atoms with Crippen LogP contribution in [0.25, 0.3) is 0 Å². The van der Waals surface area contributed by atoms with Crippen LogP contribution < -0.4 is 18.9 Å². The van der Waals surface area contributed by atoms with Crippen molar-refractivity contribution in [1.82, 2.24) is 0 Å². The van der Waals surface area contributed by atoms with E-state index in [1.54, 1.807) is 24.3 Å². The minimum Gasteiger partial charge on any atom is -0.494 e. The summed E-state index contributed by atoms with van der Waals surface area (Å²) in [5, 5.41) is 0. The summed E-state index contributed by atoms with van der Waals surface area (Å²) in [6, 6.07) is 13.8. The molecule has 0 aliphatic carbocycles. The Labute approximate surface area is 285 Å². The molecule has 0 saturated carbocycles. The zero-order chi connectivity index (χ0) is 36.6. The van der Waals surface area contributed by atoms with Gasteiger partial charge >= 0.3 is 24.3 Å². The Hall–Kier alpha value is -5.14. The van der Waals surface area contributed by atoms with Gasteiger partial charge in [0.05, 0.1) is 26.4 Å². The number of rotatable bonds is 20. The Morgan fingerprint density at radius 2 is 0.860 bits per heavy atom. The number of hydrogen-bond donors (Lipinski definition) is 0. The number of benzene rings is 3. The van der Waals surface area contributed by atoms with Gasteiger partial charge < -0.3 is 28.4 Å². The molecule has 0 amide bonds. The van der Waals surface area contributed by atoms with E-state index in [2.05, 4.69) is 13.2 Å². The lowest BCUT2D eigenvalue weighted by Crippen LogP contribution is -2.20. The normalized spacial score (nSPS) is 11.3. The Morgan fingerprint density at radius 3 is 1.18 bits per heavy atom. The molecule has 270 valence electrons. The molecule has 0 spiro atoms. The maximum Gasteiger partial charge on any atom is 0.420 e. The molecular formula is C36H36F6O8. The summed E-state index contributed by atoms with van der Waals surface area (Å²) in [5.74, 6) is -2.14. The van der Waals surface area contributed by atoms with Crippen LogP contribution in [0, 0.1) is 0 Å². The lowest BCUT2D eigenvalue weighted by atomic mass is 10.0. The van der Waals surface area contributed by atoms with Crippen LogP contribution in [0.15, 0.2) is 86.0 Å². The number of hydrogen-bond acceptors (Lipinski definition) is 8. The third-order valence-electron chi connectivity index (χ3n) is 6.77. The van der Waals surface area contributed by atoms with Crippen molar-refractivity contribution < 1.29 is 64.4 Å². The highest BCUT2D eigenvalue weighted by molar-refractivity contribution is 5.81. The van der Waals surface area contributed by atoms with Gasteiger partial charge in [-0.1, -0.05) is 37.4 Å². The van der Waals surface area contributed by atoms with Crippen molar-refractivity contribution in [1.29, 1.82) is 0 Å². The Morgan fingerprint density at radius 1 is 0.520 bits per heavy atom. The molecular weight excluding hydrogens is 674 g/mol. The van der Waals surface area contributed by atoms with Crippen molar-refractivity contribution in [3.63, 3.8) is 0 Å². The van der Waals surface area contributed by atoms with Crippen LogP contribution in [-0.4, -0.2) is 38.4 Å². The molecule has 0 atom stereocenters. The molecule has 0 aromatic heterocycles. The molecule has 0 fully saturated rings. The smallest absolute Gasteiger partial charge is 0.420 e. The number of ether oxygens (including phenoxy) is 6. The highest BCUT2D eigenvalue weighted by Crippen LogP contribution is 2.49. The Balaban J connectivity index is 1.60. The third-order valence-corrected chi connectivity index (χ3v) is 6.77. The number of esters is 2. The van der Waals surface area contributed by atoms with E-state index in [1.165, 1.54) is 24.3 Å². The van der Waals surface area contributed by atoms with Crippen LogP contribution in [0.5, 0.6) is 23.0 Å². The second-order valence-corrected chi connectivity index (χ2v) is 10.5. The molecule has 0 aliphatic heterocycles. The van der Waals surface area contributed by atoms with Gasteiger partial charge in [-0.2, -0.15) is 26.3 Å². The molecule has 0 bridgehead atoms. The van der Waals surface area contributed by atoms with Crippen LogP contribution in [0.2, 0.25) is 0 Å². The van der Waals surface area contributed by atoms with Crippen LogP contribution in [0.4, 0.5) is 26.3 Å². The lowest BCUT2D eigenvalue weighted by molar-refractivity contribution is -0.164. The zero-order valence-corrected chi connectivity index (χ0v) is 26.9. The molecule has 0 N–H and O–H groups in total. The number of halogens is 6. The Bertz CT molecular complexity index is 1430. The number of alkyl halides is 6. The molecule has 3 aromatic carbocycles. The fraction of sp³-hybridized carbons (Fsp3) is 0.333. The third kappa shape index (κ3) is 13.1. The first kappa shape index (κ1) is 39.3. The van der Waals surface area contributed by atoms with Gasteiger partial charge in [0.25, 0.3) is 0 Å². The highest BCUT2D eigenvalue weighted by Gasteiger charge is 2.48. The van der Waals surface area contributed by atoms with Crippen molar-refractivity contribution in [3.05, 3.63) is 108 Å². The minimum absolute atomic E-state index is 0.208. The lowest BCUT2D eigenvalue weighted by Gasteiger charge is -2.22. The van der Waals surface area contributed by atoms with E-state index in [4.69, 9.17) is 28.4 Å². The molecule has 8 nitrogen and oxygen atoms in total. The predicted octanol–water partition coefficient (Wildman–Crippen LogP) is 8.66. The topological polar surface area (TPSA) is 89.5 Å². The van der Waals surface area contributed by atoms with E-state index >= 15 is 0 Å².